The summed E-state index contributed by atoms with van der Waals surface area (Å²) in [6.07, 6.45) is 0. The van der Waals surface area contributed by atoms with Crippen LogP contribution in [0.5, 0.6) is 0 Å². The number of carbonyl (C=O) groups is 1. The molecule has 0 spiro atoms. The third-order valence-electron chi connectivity index (χ3n) is 4.78. The zero-order valence-corrected chi connectivity index (χ0v) is 17.2. The summed E-state index contributed by atoms with van der Waals surface area (Å²) >= 11 is 0. The van der Waals surface area contributed by atoms with E-state index in [2.05, 4.69) is 22.0 Å². The van der Waals surface area contributed by atoms with Crippen LogP contribution in [0.25, 0.3) is 11.4 Å². The fourth-order valence-corrected chi connectivity index (χ4v) is 3.01. The Balaban J connectivity index is 0.00000182. The van der Waals surface area contributed by atoms with Crippen LogP contribution in [-0.4, -0.2) is 58.6 Å². The minimum atomic E-state index is -0.117. The number of rotatable bonds is 5. The van der Waals surface area contributed by atoms with Crippen LogP contribution < -0.4 is 5.73 Å². The van der Waals surface area contributed by atoms with Crippen molar-refractivity contribution in [2.75, 3.05) is 32.7 Å². The first-order valence-electron chi connectivity index (χ1n) is 8.72. The van der Waals surface area contributed by atoms with Gasteiger partial charge in [0, 0.05) is 44.2 Å². The minimum Gasteiger partial charge on any atom is -0.340 e. The van der Waals surface area contributed by atoms with Crippen LogP contribution >= 0.6 is 24.8 Å². The van der Waals surface area contributed by atoms with Crippen LogP contribution in [0, 0.1) is 5.92 Å². The molecule has 0 aliphatic carbocycles. The SMILES string of the molecule is CC(CN)C(=O)N1CCN(C(C)c2nc(-c3ccccc3)no2)CC1.Cl.Cl. The number of nitrogens with zero attached hydrogens (tertiary/aromatic N) is 4. The van der Waals surface area contributed by atoms with Crippen LogP contribution in [0.1, 0.15) is 25.8 Å². The molecule has 3 rings (SSSR count). The minimum absolute atomic E-state index is 0. The molecule has 1 aromatic heterocycles. The molecule has 0 saturated carbocycles. The summed E-state index contributed by atoms with van der Waals surface area (Å²) in [4.78, 5) is 20.9. The first kappa shape index (κ1) is 23.4. The second-order valence-corrected chi connectivity index (χ2v) is 6.50. The summed E-state index contributed by atoms with van der Waals surface area (Å²) in [7, 11) is 0. The van der Waals surface area contributed by atoms with E-state index in [1.165, 1.54) is 0 Å². The van der Waals surface area contributed by atoms with Gasteiger partial charge in [-0.05, 0) is 6.92 Å². The molecule has 0 bridgehead atoms. The van der Waals surface area contributed by atoms with Crippen molar-refractivity contribution in [1.82, 2.24) is 19.9 Å². The molecule has 150 valence electrons. The lowest BCUT2D eigenvalue weighted by Gasteiger charge is -2.37. The maximum absolute atomic E-state index is 12.2. The van der Waals surface area contributed by atoms with E-state index >= 15 is 0 Å². The van der Waals surface area contributed by atoms with E-state index < -0.39 is 0 Å². The van der Waals surface area contributed by atoms with Crippen LogP contribution in [0.3, 0.4) is 0 Å². The fraction of sp³-hybridized carbons (Fsp3) is 0.500. The van der Waals surface area contributed by atoms with Gasteiger partial charge in [-0.3, -0.25) is 9.69 Å². The maximum atomic E-state index is 12.2. The van der Waals surface area contributed by atoms with Crippen molar-refractivity contribution in [2.24, 2.45) is 11.7 Å². The largest absolute Gasteiger partial charge is 0.340 e. The van der Waals surface area contributed by atoms with E-state index in [0.717, 1.165) is 18.7 Å². The fourth-order valence-electron chi connectivity index (χ4n) is 3.01. The van der Waals surface area contributed by atoms with Crippen molar-refractivity contribution >= 4 is 30.7 Å². The van der Waals surface area contributed by atoms with Gasteiger partial charge >= 0.3 is 0 Å². The predicted molar refractivity (Wildman–Crippen MR) is 109 cm³/mol. The van der Waals surface area contributed by atoms with Gasteiger partial charge in [0.05, 0.1) is 6.04 Å². The highest BCUT2D eigenvalue weighted by Crippen LogP contribution is 2.23. The molecule has 1 aliphatic rings. The van der Waals surface area contributed by atoms with Gasteiger partial charge < -0.3 is 15.2 Å². The molecule has 2 heterocycles. The van der Waals surface area contributed by atoms with Gasteiger partial charge in [-0.1, -0.05) is 42.4 Å². The molecule has 2 N–H and O–H groups in total. The van der Waals surface area contributed by atoms with Gasteiger partial charge in [0.1, 0.15) is 0 Å². The predicted octanol–water partition coefficient (Wildman–Crippen LogP) is 2.38. The summed E-state index contributed by atoms with van der Waals surface area (Å²) in [6, 6.07) is 9.80. The first-order valence-corrected chi connectivity index (χ1v) is 8.72. The second kappa shape index (κ2) is 10.6. The number of hydrogen-bond acceptors (Lipinski definition) is 6. The summed E-state index contributed by atoms with van der Waals surface area (Å²) in [5.74, 6) is 1.23. The van der Waals surface area contributed by atoms with Gasteiger partial charge in [0.2, 0.25) is 17.6 Å². The zero-order valence-electron chi connectivity index (χ0n) is 15.6. The standard InChI is InChI=1S/C18H25N5O2.2ClH/c1-13(12-19)18(24)23-10-8-22(9-11-23)14(2)17-20-16(21-25-17)15-6-4-3-5-7-15;;/h3-7,13-14H,8-12,19H2,1-2H3;2*1H. The molecule has 1 aliphatic heterocycles. The van der Waals surface area contributed by atoms with Crippen molar-refractivity contribution < 1.29 is 9.32 Å². The maximum Gasteiger partial charge on any atom is 0.244 e. The average Bonchev–Trinajstić information content (AvgIpc) is 3.17. The van der Waals surface area contributed by atoms with Crippen molar-refractivity contribution in [3.05, 3.63) is 36.2 Å². The Hall–Kier alpha value is -1.67. The van der Waals surface area contributed by atoms with Crippen LogP contribution in [0.4, 0.5) is 0 Å². The topological polar surface area (TPSA) is 88.5 Å². The highest BCUT2D eigenvalue weighted by molar-refractivity contribution is 5.85. The highest BCUT2D eigenvalue weighted by Gasteiger charge is 2.29. The number of nitrogens with two attached hydrogens (primary N) is 1. The number of hydrogen-bond donors (Lipinski definition) is 1. The summed E-state index contributed by atoms with van der Waals surface area (Å²) < 4.78 is 5.46. The molecular formula is C18H27Cl2N5O2. The Morgan fingerprint density at radius 1 is 1.15 bits per heavy atom. The number of aromatic nitrogens is 2. The second-order valence-electron chi connectivity index (χ2n) is 6.50. The normalized spacial score (nSPS) is 16.8. The monoisotopic (exact) mass is 415 g/mol. The first-order chi connectivity index (χ1) is 12.1. The van der Waals surface area contributed by atoms with Gasteiger partial charge in [0.15, 0.2) is 0 Å². The number of amides is 1. The molecular weight excluding hydrogens is 389 g/mol. The number of carbonyl (C=O) groups excluding carboxylic acids is 1. The number of halogens is 2. The Morgan fingerprint density at radius 3 is 2.37 bits per heavy atom. The lowest BCUT2D eigenvalue weighted by molar-refractivity contribution is -0.136. The molecule has 2 atom stereocenters. The summed E-state index contributed by atoms with van der Waals surface area (Å²) in [5.41, 5.74) is 6.54. The van der Waals surface area contributed by atoms with Crippen molar-refractivity contribution in [1.29, 1.82) is 0 Å². The van der Waals surface area contributed by atoms with Gasteiger partial charge in [-0.2, -0.15) is 4.98 Å². The quantitative estimate of drug-likeness (QED) is 0.805. The van der Waals surface area contributed by atoms with E-state index in [1.54, 1.807) is 0 Å². The van der Waals surface area contributed by atoms with Gasteiger partial charge in [-0.25, -0.2) is 0 Å². The van der Waals surface area contributed by atoms with E-state index in [0.29, 0.717) is 31.3 Å². The zero-order chi connectivity index (χ0) is 17.8. The Bertz CT molecular complexity index is 705. The van der Waals surface area contributed by atoms with Gasteiger partial charge in [0.25, 0.3) is 0 Å². The van der Waals surface area contributed by atoms with Crippen molar-refractivity contribution in [3.63, 3.8) is 0 Å². The highest BCUT2D eigenvalue weighted by atomic mass is 35.5. The van der Waals surface area contributed by atoms with Gasteiger partial charge in [-0.15, -0.1) is 24.8 Å². The van der Waals surface area contributed by atoms with Crippen molar-refractivity contribution in [3.8, 4) is 11.4 Å². The smallest absolute Gasteiger partial charge is 0.244 e. The molecule has 1 amide bonds. The van der Waals surface area contributed by atoms with Crippen LogP contribution in [-0.2, 0) is 4.79 Å². The third-order valence-corrected chi connectivity index (χ3v) is 4.78. The number of piperazine rings is 1. The van der Waals surface area contributed by atoms with Crippen LogP contribution in [0.15, 0.2) is 34.9 Å². The molecule has 0 radical (unpaired) electrons. The van der Waals surface area contributed by atoms with Crippen molar-refractivity contribution in [2.45, 2.75) is 19.9 Å². The molecule has 1 aromatic carbocycles. The van der Waals surface area contributed by atoms with E-state index in [4.69, 9.17) is 10.3 Å². The van der Waals surface area contributed by atoms with E-state index in [-0.39, 0.29) is 42.7 Å². The molecule has 27 heavy (non-hydrogen) atoms. The van der Waals surface area contributed by atoms with Crippen LogP contribution in [0.2, 0.25) is 0 Å². The van der Waals surface area contributed by atoms with E-state index in [1.807, 2.05) is 42.2 Å². The Kier molecular flexibility index (Phi) is 9.18. The summed E-state index contributed by atoms with van der Waals surface area (Å²) in [6.45, 7) is 7.30. The summed E-state index contributed by atoms with van der Waals surface area (Å²) in [5, 5.41) is 4.09. The molecule has 9 heteroatoms. The molecule has 2 unspecified atom stereocenters. The Morgan fingerprint density at radius 2 is 1.78 bits per heavy atom. The Labute approximate surface area is 172 Å². The molecule has 1 fully saturated rings. The lowest BCUT2D eigenvalue weighted by atomic mass is 10.1. The molecule has 7 nitrogen and oxygen atoms in total. The number of benzene rings is 1. The molecule has 1 saturated heterocycles. The van der Waals surface area contributed by atoms with E-state index in [9.17, 15) is 4.79 Å². The lowest BCUT2D eigenvalue weighted by Crippen LogP contribution is -2.51. The third kappa shape index (κ3) is 5.42. The molecule has 2 aromatic rings. The average molecular weight is 416 g/mol.